The molecule has 0 saturated heterocycles. The van der Waals surface area contributed by atoms with E-state index in [9.17, 15) is 5.11 Å². The van der Waals surface area contributed by atoms with Gasteiger partial charge < -0.3 is 21.5 Å². The summed E-state index contributed by atoms with van der Waals surface area (Å²) in [4.78, 5) is 0. The second-order valence-corrected chi connectivity index (χ2v) is 1.05. The fraction of sp³-hybridized carbons (Fsp3) is 1.00. The van der Waals surface area contributed by atoms with E-state index in [2.05, 4.69) is 0 Å². The van der Waals surface area contributed by atoms with Gasteiger partial charge in [0.25, 0.3) is 0 Å². The summed E-state index contributed by atoms with van der Waals surface area (Å²) in [5, 5.41) is 9.53. The first kappa shape index (κ1) is 37.5. The summed E-state index contributed by atoms with van der Waals surface area (Å²) in [6.07, 6.45) is -0.417. The van der Waals surface area contributed by atoms with E-state index < -0.39 is 6.10 Å². The van der Waals surface area contributed by atoms with Gasteiger partial charge in [0.1, 0.15) is 0 Å². The Balaban J connectivity index is -0.00000000750. The van der Waals surface area contributed by atoms with Gasteiger partial charge in [-0.1, -0.05) is 13.8 Å². The molecule has 0 unspecified atom stereocenters. The Labute approximate surface area is 68.0 Å². The van der Waals surface area contributed by atoms with Crippen molar-refractivity contribution in [2.45, 2.75) is 20.0 Å². The van der Waals surface area contributed by atoms with Crippen molar-refractivity contribution in [2.24, 2.45) is 0 Å². The zero-order chi connectivity index (χ0) is 3.58. The van der Waals surface area contributed by atoms with Crippen molar-refractivity contribution >= 4 is 0 Å². The number of rotatable bonds is 0. The summed E-state index contributed by atoms with van der Waals surface area (Å²) < 4.78 is 0. The van der Waals surface area contributed by atoms with E-state index in [0.29, 0.717) is 0 Å². The fourth-order valence-corrected chi connectivity index (χ4v) is 0. The van der Waals surface area contributed by atoms with Gasteiger partial charge in [0.15, 0.2) is 0 Å². The molecule has 0 aliphatic carbocycles. The van der Waals surface area contributed by atoms with Crippen LogP contribution in [-0.4, -0.2) is 22.5 Å². The predicted octanol–water partition coefficient (Wildman–Crippen LogP) is -0.778. The van der Waals surface area contributed by atoms with Crippen LogP contribution in [0.5, 0.6) is 0 Å². The van der Waals surface area contributed by atoms with E-state index in [1.165, 1.54) is 0 Å². The maximum absolute atomic E-state index is 9.53. The van der Waals surface area contributed by atoms with Gasteiger partial charge in [0.05, 0.1) is 0 Å². The summed E-state index contributed by atoms with van der Waals surface area (Å²) in [7, 11) is 0. The van der Waals surface area contributed by atoms with Crippen LogP contribution in [0.15, 0.2) is 0 Å². The Kier molecular flexibility index (Phi) is 118. The molecule has 0 amide bonds. The van der Waals surface area contributed by atoms with Gasteiger partial charge in [-0.25, -0.2) is 0 Å². The second-order valence-electron chi connectivity index (χ2n) is 1.05. The summed E-state index contributed by atoms with van der Waals surface area (Å²) >= 11 is 0. The summed E-state index contributed by atoms with van der Waals surface area (Å²) in [6, 6.07) is 0. The molecule has 0 rings (SSSR count). The van der Waals surface area contributed by atoms with Gasteiger partial charge in [-0.3, -0.25) is 0 Å². The average Bonchev–Trinajstić information content (AvgIpc) is 0.811. The van der Waals surface area contributed by atoms with Gasteiger partial charge in [0, 0.05) is 0 Å². The number of hydrogen-bond acceptors (Lipinski definition) is 4. The van der Waals surface area contributed by atoms with E-state index >= 15 is 0 Å². The van der Waals surface area contributed by atoms with Crippen LogP contribution >= 0.6 is 0 Å². The standard InChI is InChI=1S/C3H7O.3H2O.Zr/c1-3(2)4;;;;/h3H,1-2H3;3*1H2;/q-1;;;;+4/p-3. The Bertz CT molecular complexity index is 16.0. The van der Waals surface area contributed by atoms with Crippen LogP contribution in [0.2, 0.25) is 0 Å². The maximum atomic E-state index is 9.53. The molecule has 0 aliphatic rings. The van der Waals surface area contributed by atoms with Crippen LogP contribution in [0.1, 0.15) is 13.8 Å². The average molecular weight is 201 g/mol. The van der Waals surface area contributed by atoms with Crippen molar-refractivity contribution in [1.82, 2.24) is 0 Å². The Morgan fingerprint density at radius 1 is 1.00 bits per heavy atom. The van der Waals surface area contributed by atoms with Crippen LogP contribution in [0, 0.1) is 0 Å². The first-order valence-corrected chi connectivity index (χ1v) is 1.39. The topological polar surface area (TPSA) is 113 Å². The molecule has 0 aliphatic heterocycles. The second kappa shape index (κ2) is 25.2. The van der Waals surface area contributed by atoms with E-state index in [1.807, 2.05) is 0 Å². The van der Waals surface area contributed by atoms with Crippen molar-refractivity contribution in [3.05, 3.63) is 0 Å². The van der Waals surface area contributed by atoms with Gasteiger partial charge >= 0.3 is 26.2 Å². The third-order valence-corrected chi connectivity index (χ3v) is 0. The molecule has 4 nitrogen and oxygen atoms in total. The first-order valence-electron chi connectivity index (χ1n) is 1.39. The van der Waals surface area contributed by atoms with Crippen LogP contribution in [-0.2, 0) is 26.2 Å². The van der Waals surface area contributed by atoms with Crippen molar-refractivity contribution < 1.29 is 47.7 Å². The predicted molar refractivity (Wildman–Crippen MR) is 20.9 cm³/mol. The van der Waals surface area contributed by atoms with Crippen LogP contribution in [0.25, 0.3) is 0 Å². The minimum atomic E-state index is -0.417. The Morgan fingerprint density at radius 2 is 1.00 bits per heavy atom. The molecule has 0 heterocycles. The van der Waals surface area contributed by atoms with Gasteiger partial charge in [-0.05, 0) is 0 Å². The first-order chi connectivity index (χ1) is 1.73. The van der Waals surface area contributed by atoms with Crippen molar-refractivity contribution in [1.29, 1.82) is 0 Å². The quantitative estimate of drug-likeness (QED) is 0.511. The maximum Gasteiger partial charge on any atom is 4.00 e. The molecule has 5 heteroatoms. The van der Waals surface area contributed by atoms with E-state index in [-0.39, 0.29) is 42.6 Å². The normalized spacial score (nSPS) is 4.50. The Hall–Kier alpha value is 0.723. The molecule has 3 N–H and O–H groups in total. The molecule has 0 aromatic rings. The van der Waals surface area contributed by atoms with Gasteiger partial charge in [-0.15, -0.1) is 6.10 Å². The minimum absolute atomic E-state index is 0. The third kappa shape index (κ3) is 421. The molecule has 0 atom stereocenters. The molecular formula is C3H10O4Zr. The van der Waals surface area contributed by atoms with E-state index in [4.69, 9.17) is 0 Å². The molecule has 0 saturated carbocycles. The van der Waals surface area contributed by atoms with Crippen LogP contribution in [0.3, 0.4) is 0 Å². The van der Waals surface area contributed by atoms with Crippen molar-refractivity contribution in [2.75, 3.05) is 0 Å². The zero-order valence-corrected chi connectivity index (χ0v) is 7.29. The Morgan fingerprint density at radius 3 is 1.00 bits per heavy atom. The van der Waals surface area contributed by atoms with Crippen molar-refractivity contribution in [3.63, 3.8) is 0 Å². The molecule has 0 bridgehead atoms. The molecule has 0 aromatic heterocycles. The third-order valence-electron chi connectivity index (χ3n) is 0. The molecule has 0 spiro atoms. The summed E-state index contributed by atoms with van der Waals surface area (Å²) in [6.45, 7) is 3.22. The zero-order valence-electron chi connectivity index (χ0n) is 4.83. The molecule has 0 fully saturated rings. The molecule has 50 valence electrons. The largest absolute Gasteiger partial charge is 4.00 e. The van der Waals surface area contributed by atoms with Gasteiger partial charge in [-0.2, -0.15) is 0 Å². The minimum Gasteiger partial charge on any atom is -0.870 e. The molecule has 0 aromatic carbocycles. The summed E-state index contributed by atoms with van der Waals surface area (Å²) in [5.74, 6) is 0. The van der Waals surface area contributed by atoms with E-state index in [1.54, 1.807) is 13.8 Å². The summed E-state index contributed by atoms with van der Waals surface area (Å²) in [5.41, 5.74) is 0. The van der Waals surface area contributed by atoms with Crippen LogP contribution in [0.4, 0.5) is 0 Å². The van der Waals surface area contributed by atoms with Gasteiger partial charge in [0.2, 0.25) is 0 Å². The molecule has 8 heavy (non-hydrogen) atoms. The van der Waals surface area contributed by atoms with E-state index in [0.717, 1.165) is 0 Å². The van der Waals surface area contributed by atoms with Crippen LogP contribution < -0.4 is 5.11 Å². The van der Waals surface area contributed by atoms with Crippen molar-refractivity contribution in [3.8, 4) is 0 Å². The molecular weight excluding hydrogens is 191 g/mol. The SMILES string of the molecule is CC(C)[O-].[OH-].[OH-].[OH-].[Zr+4]. The smallest absolute Gasteiger partial charge is 0.870 e. The number of hydrogen-bond donors (Lipinski definition) is 0. The fourth-order valence-electron chi connectivity index (χ4n) is 0. The molecule has 0 radical (unpaired) electrons. The monoisotopic (exact) mass is 200 g/mol.